The Balaban J connectivity index is 1.75. The number of ether oxygens (including phenoxy) is 2. The van der Waals surface area contributed by atoms with Crippen LogP contribution in [0.4, 0.5) is 10.6 Å². The highest BCUT2D eigenvalue weighted by Crippen LogP contribution is 2.29. The molecule has 12 heteroatoms. The number of nitriles is 1. The predicted molar refractivity (Wildman–Crippen MR) is 117 cm³/mol. The van der Waals surface area contributed by atoms with Crippen molar-refractivity contribution in [1.82, 2.24) is 19.4 Å². The van der Waals surface area contributed by atoms with Crippen LogP contribution in [0.3, 0.4) is 0 Å². The minimum absolute atomic E-state index is 0.0213. The Labute approximate surface area is 190 Å². The molecule has 0 aromatic carbocycles. The molecule has 0 spiro atoms. The zero-order chi connectivity index (χ0) is 24.0. The van der Waals surface area contributed by atoms with Crippen LogP contribution >= 0.6 is 0 Å². The predicted octanol–water partition coefficient (Wildman–Crippen LogP) is 0.505. The van der Waals surface area contributed by atoms with Gasteiger partial charge in [-0.15, -0.1) is 0 Å². The van der Waals surface area contributed by atoms with E-state index in [-0.39, 0.29) is 44.0 Å². The number of amides is 1. The van der Waals surface area contributed by atoms with Crippen LogP contribution in [0.25, 0.3) is 11.0 Å². The molecule has 1 aliphatic heterocycles. The van der Waals surface area contributed by atoms with Gasteiger partial charge < -0.3 is 25.0 Å². The average molecular weight is 457 g/mol. The highest BCUT2D eigenvalue weighted by Gasteiger charge is 2.33. The van der Waals surface area contributed by atoms with Gasteiger partial charge >= 0.3 is 12.1 Å². The van der Waals surface area contributed by atoms with Crippen LogP contribution in [-0.4, -0.2) is 83.3 Å². The Bertz CT molecular complexity index is 1060. The summed E-state index contributed by atoms with van der Waals surface area (Å²) in [5, 5.41) is 9.50. The number of likely N-dealkylation sites (N-methyl/N-ethyl adjacent to an activating group) is 1. The van der Waals surface area contributed by atoms with Crippen LogP contribution in [0, 0.1) is 17.2 Å². The lowest BCUT2D eigenvalue weighted by Gasteiger charge is -2.42. The molecule has 176 valence electrons. The first-order valence-corrected chi connectivity index (χ1v) is 10.6. The third-order valence-corrected chi connectivity index (χ3v) is 5.73. The largest absolute Gasteiger partial charge is 0.461 e. The number of nitrogens with zero attached hydrogens (tertiary/aromatic N) is 6. The minimum Gasteiger partial charge on any atom is -0.461 e. The van der Waals surface area contributed by atoms with Gasteiger partial charge in [-0.25, -0.2) is 19.3 Å². The van der Waals surface area contributed by atoms with Crippen molar-refractivity contribution in [2.24, 2.45) is 11.7 Å². The molecule has 1 saturated heterocycles. The molecule has 0 saturated carbocycles. The van der Waals surface area contributed by atoms with E-state index in [1.165, 1.54) is 17.1 Å². The second kappa shape index (κ2) is 10.7. The Kier molecular flexibility index (Phi) is 7.78. The SMILES string of the molecule is C[C@@H]1CCN(C(=O)CC#N)C[C@@H]1N(C)c1ncnc2c1ccn2C(=O)OCCOC(=O)CN. The Morgan fingerprint density at radius 3 is 2.79 bits per heavy atom. The van der Waals surface area contributed by atoms with E-state index in [4.69, 9.17) is 20.5 Å². The molecule has 33 heavy (non-hydrogen) atoms. The Morgan fingerprint density at radius 1 is 1.30 bits per heavy atom. The molecule has 3 rings (SSSR count). The van der Waals surface area contributed by atoms with Crippen molar-refractivity contribution in [3.05, 3.63) is 18.6 Å². The summed E-state index contributed by atoms with van der Waals surface area (Å²) in [5.41, 5.74) is 5.53. The van der Waals surface area contributed by atoms with E-state index < -0.39 is 12.1 Å². The number of rotatable bonds is 7. The molecule has 3 heterocycles. The summed E-state index contributed by atoms with van der Waals surface area (Å²) in [5.74, 6) is 0.147. The van der Waals surface area contributed by atoms with Gasteiger partial charge in [0.1, 0.15) is 31.8 Å². The van der Waals surface area contributed by atoms with E-state index >= 15 is 0 Å². The molecular formula is C21H27N7O5. The van der Waals surface area contributed by atoms with E-state index in [2.05, 4.69) is 16.9 Å². The number of carbonyl (C=O) groups excluding carboxylic acids is 3. The highest BCUT2D eigenvalue weighted by atomic mass is 16.6. The van der Waals surface area contributed by atoms with Crippen molar-refractivity contribution in [3.8, 4) is 6.07 Å². The highest BCUT2D eigenvalue weighted by molar-refractivity contribution is 5.93. The number of esters is 1. The van der Waals surface area contributed by atoms with E-state index in [0.717, 1.165) is 6.42 Å². The van der Waals surface area contributed by atoms with Gasteiger partial charge in [0.2, 0.25) is 5.91 Å². The number of likely N-dealkylation sites (tertiary alicyclic amines) is 1. The van der Waals surface area contributed by atoms with Crippen molar-refractivity contribution in [2.45, 2.75) is 25.8 Å². The van der Waals surface area contributed by atoms with E-state index in [1.54, 1.807) is 11.0 Å². The molecule has 2 N–H and O–H groups in total. The summed E-state index contributed by atoms with van der Waals surface area (Å²) < 4.78 is 11.2. The van der Waals surface area contributed by atoms with Gasteiger partial charge in [-0.1, -0.05) is 6.92 Å². The molecule has 0 aliphatic carbocycles. The lowest BCUT2D eigenvalue weighted by Crippen LogP contribution is -2.52. The summed E-state index contributed by atoms with van der Waals surface area (Å²) in [6, 6.07) is 3.62. The number of carbonyl (C=O) groups is 3. The summed E-state index contributed by atoms with van der Waals surface area (Å²) in [6.07, 6.45) is 2.91. The summed E-state index contributed by atoms with van der Waals surface area (Å²) in [7, 11) is 1.89. The molecule has 0 bridgehead atoms. The van der Waals surface area contributed by atoms with Gasteiger partial charge in [-0.3, -0.25) is 9.59 Å². The van der Waals surface area contributed by atoms with Crippen molar-refractivity contribution in [3.63, 3.8) is 0 Å². The van der Waals surface area contributed by atoms with Crippen molar-refractivity contribution < 1.29 is 23.9 Å². The van der Waals surface area contributed by atoms with Gasteiger partial charge in [-0.2, -0.15) is 5.26 Å². The molecule has 12 nitrogen and oxygen atoms in total. The van der Waals surface area contributed by atoms with Crippen LogP contribution in [-0.2, 0) is 19.1 Å². The van der Waals surface area contributed by atoms with Gasteiger partial charge in [0, 0.05) is 26.3 Å². The number of hydrogen-bond donors (Lipinski definition) is 1. The summed E-state index contributed by atoms with van der Waals surface area (Å²) >= 11 is 0. The fourth-order valence-corrected chi connectivity index (χ4v) is 3.90. The van der Waals surface area contributed by atoms with E-state index in [9.17, 15) is 14.4 Å². The molecule has 2 atom stereocenters. The van der Waals surface area contributed by atoms with Crippen LogP contribution in [0.2, 0.25) is 0 Å². The van der Waals surface area contributed by atoms with Crippen molar-refractivity contribution >= 4 is 34.8 Å². The topological polar surface area (TPSA) is 157 Å². The molecule has 2 aromatic rings. The second-order valence-electron chi connectivity index (χ2n) is 7.78. The first-order chi connectivity index (χ1) is 15.9. The third-order valence-electron chi connectivity index (χ3n) is 5.73. The fraction of sp³-hybridized carbons (Fsp3) is 0.524. The minimum atomic E-state index is -0.666. The monoisotopic (exact) mass is 457 g/mol. The number of aromatic nitrogens is 3. The molecule has 0 radical (unpaired) electrons. The van der Waals surface area contributed by atoms with Gasteiger partial charge in [-0.05, 0) is 18.4 Å². The average Bonchev–Trinajstić information content (AvgIpc) is 3.26. The van der Waals surface area contributed by atoms with E-state index in [0.29, 0.717) is 29.9 Å². The third kappa shape index (κ3) is 5.38. The molecule has 0 unspecified atom stereocenters. The second-order valence-corrected chi connectivity index (χ2v) is 7.78. The summed E-state index contributed by atoms with van der Waals surface area (Å²) in [6.45, 7) is 2.76. The number of anilines is 1. The van der Waals surface area contributed by atoms with Gasteiger partial charge in [0.15, 0.2) is 5.65 Å². The smallest absolute Gasteiger partial charge is 0.419 e. The van der Waals surface area contributed by atoms with Crippen LogP contribution in [0.15, 0.2) is 18.6 Å². The molecular weight excluding hydrogens is 430 g/mol. The van der Waals surface area contributed by atoms with Crippen LogP contribution in [0.1, 0.15) is 19.8 Å². The maximum Gasteiger partial charge on any atom is 0.419 e. The Morgan fingerprint density at radius 2 is 2.06 bits per heavy atom. The Hall–Kier alpha value is -3.72. The number of nitrogens with two attached hydrogens (primary N) is 1. The fourth-order valence-electron chi connectivity index (χ4n) is 3.90. The zero-order valence-corrected chi connectivity index (χ0v) is 18.6. The number of hydrogen-bond acceptors (Lipinski definition) is 10. The van der Waals surface area contributed by atoms with Gasteiger partial charge in [0.05, 0.1) is 24.0 Å². The van der Waals surface area contributed by atoms with Crippen molar-refractivity contribution in [2.75, 3.05) is 44.8 Å². The molecule has 1 fully saturated rings. The van der Waals surface area contributed by atoms with Crippen molar-refractivity contribution in [1.29, 1.82) is 5.26 Å². The lowest BCUT2D eigenvalue weighted by molar-refractivity contribution is -0.142. The standard InChI is InChI=1S/C21H27N7O5/c1-14-4-7-27(17(29)3-6-22)12-16(14)26(2)19-15-5-8-28(20(15)25-13-24-19)21(31)33-10-9-32-18(30)11-23/h5,8,13-14,16H,3-4,7,9-12,23H2,1-2H3/t14-,16+/m1/s1. The van der Waals surface area contributed by atoms with E-state index in [1.807, 2.05) is 18.0 Å². The lowest BCUT2D eigenvalue weighted by atomic mass is 9.92. The molecule has 1 aliphatic rings. The van der Waals surface area contributed by atoms with Crippen LogP contribution < -0.4 is 10.6 Å². The van der Waals surface area contributed by atoms with Gasteiger partial charge in [0.25, 0.3) is 0 Å². The molecule has 2 aromatic heterocycles. The first-order valence-electron chi connectivity index (χ1n) is 10.6. The maximum atomic E-state index is 12.5. The maximum absolute atomic E-state index is 12.5. The molecule has 1 amide bonds. The number of fused-ring (bicyclic) bond motifs is 1. The zero-order valence-electron chi connectivity index (χ0n) is 18.6. The summed E-state index contributed by atoms with van der Waals surface area (Å²) in [4.78, 5) is 48.1. The first kappa shape index (κ1) is 23.9. The quantitative estimate of drug-likeness (QED) is 0.459. The normalized spacial score (nSPS) is 17.9. The number of piperidine rings is 1. The van der Waals surface area contributed by atoms with Crippen LogP contribution in [0.5, 0.6) is 0 Å².